The molecule has 0 amide bonds. The zero-order chi connectivity index (χ0) is 9.68. The van der Waals surface area contributed by atoms with Crippen molar-refractivity contribution < 1.29 is 0 Å². The highest BCUT2D eigenvalue weighted by atomic mass is 14.2. The number of hydrogen-bond acceptors (Lipinski definition) is 0. The zero-order valence-electron chi connectivity index (χ0n) is 9.06. The summed E-state index contributed by atoms with van der Waals surface area (Å²) >= 11 is 0. The fourth-order valence-corrected chi connectivity index (χ4v) is 2.03. The van der Waals surface area contributed by atoms with Crippen LogP contribution in [0.5, 0.6) is 0 Å². The Morgan fingerprint density at radius 3 is 2.62 bits per heavy atom. The second-order valence-corrected chi connectivity index (χ2v) is 3.26. The van der Waals surface area contributed by atoms with Crippen molar-refractivity contribution in [2.45, 2.75) is 46.5 Å². The Labute approximate surface area is 82.0 Å². The number of hydrogen-bond donors (Lipinski definition) is 0. The van der Waals surface area contributed by atoms with E-state index in [4.69, 9.17) is 0 Å². The standard InChI is InChI=1S/C11H14.C2H6/c1-2-9-5-3-6-10-7-4-8-11(9)10;1-2/h3,5-6H,2,4,7-8H2,1H3;1-2H3. The average Bonchev–Trinajstić information content (AvgIpc) is 2.68. The van der Waals surface area contributed by atoms with Crippen LogP contribution in [0.1, 0.15) is 43.9 Å². The van der Waals surface area contributed by atoms with Gasteiger partial charge < -0.3 is 0 Å². The van der Waals surface area contributed by atoms with Gasteiger partial charge in [-0.2, -0.15) is 0 Å². The van der Waals surface area contributed by atoms with Crippen LogP contribution in [0.4, 0.5) is 0 Å². The van der Waals surface area contributed by atoms with Gasteiger partial charge in [0, 0.05) is 0 Å². The molecule has 72 valence electrons. The Bertz CT molecular complexity index is 261. The minimum absolute atomic E-state index is 1.20. The predicted octanol–water partition coefficient (Wildman–Crippen LogP) is 3.76. The molecule has 0 atom stereocenters. The summed E-state index contributed by atoms with van der Waals surface area (Å²) in [5.74, 6) is 0. The molecule has 0 saturated heterocycles. The van der Waals surface area contributed by atoms with E-state index in [9.17, 15) is 0 Å². The van der Waals surface area contributed by atoms with E-state index in [-0.39, 0.29) is 0 Å². The first-order valence-electron chi connectivity index (χ1n) is 5.51. The molecule has 0 aliphatic heterocycles. The van der Waals surface area contributed by atoms with E-state index < -0.39 is 0 Å². The van der Waals surface area contributed by atoms with Crippen molar-refractivity contribution in [1.29, 1.82) is 0 Å². The van der Waals surface area contributed by atoms with Crippen LogP contribution < -0.4 is 0 Å². The van der Waals surface area contributed by atoms with Crippen molar-refractivity contribution in [3.05, 3.63) is 34.9 Å². The Morgan fingerprint density at radius 2 is 1.92 bits per heavy atom. The van der Waals surface area contributed by atoms with Gasteiger partial charge in [-0.3, -0.25) is 0 Å². The van der Waals surface area contributed by atoms with Gasteiger partial charge in [-0.05, 0) is 42.4 Å². The third-order valence-electron chi connectivity index (χ3n) is 2.62. The van der Waals surface area contributed by atoms with Crippen LogP contribution in [0.15, 0.2) is 18.2 Å². The first-order valence-corrected chi connectivity index (χ1v) is 5.51. The zero-order valence-corrected chi connectivity index (χ0v) is 9.06. The summed E-state index contributed by atoms with van der Waals surface area (Å²) in [6, 6.07) is 6.74. The van der Waals surface area contributed by atoms with E-state index >= 15 is 0 Å². The Balaban J connectivity index is 0.000000396. The van der Waals surface area contributed by atoms with E-state index in [0.717, 1.165) is 0 Å². The van der Waals surface area contributed by atoms with Crippen LogP contribution in [0.3, 0.4) is 0 Å². The lowest BCUT2D eigenvalue weighted by Gasteiger charge is -2.04. The molecule has 0 heterocycles. The van der Waals surface area contributed by atoms with Gasteiger partial charge in [0.15, 0.2) is 0 Å². The van der Waals surface area contributed by atoms with Crippen molar-refractivity contribution in [3.63, 3.8) is 0 Å². The third kappa shape index (κ3) is 2.12. The molecule has 0 bridgehead atoms. The van der Waals surface area contributed by atoms with Crippen molar-refractivity contribution in [1.82, 2.24) is 0 Å². The number of aryl methyl sites for hydroxylation is 2. The van der Waals surface area contributed by atoms with Crippen LogP contribution in [0, 0.1) is 0 Å². The first kappa shape index (κ1) is 10.3. The molecular formula is C13H20. The van der Waals surface area contributed by atoms with Gasteiger partial charge >= 0.3 is 0 Å². The topological polar surface area (TPSA) is 0 Å². The van der Waals surface area contributed by atoms with E-state index in [2.05, 4.69) is 25.1 Å². The van der Waals surface area contributed by atoms with Gasteiger partial charge in [-0.1, -0.05) is 39.0 Å². The molecule has 0 unspecified atom stereocenters. The van der Waals surface area contributed by atoms with Crippen LogP contribution in [-0.4, -0.2) is 0 Å². The normalized spacial score (nSPS) is 13.2. The Kier molecular flexibility index (Phi) is 4.01. The van der Waals surface area contributed by atoms with Crippen molar-refractivity contribution >= 4 is 0 Å². The van der Waals surface area contributed by atoms with Crippen molar-refractivity contribution in [2.75, 3.05) is 0 Å². The maximum atomic E-state index is 2.28. The van der Waals surface area contributed by atoms with Gasteiger partial charge in [0.25, 0.3) is 0 Å². The van der Waals surface area contributed by atoms with Gasteiger partial charge in [-0.15, -0.1) is 0 Å². The highest BCUT2D eigenvalue weighted by Crippen LogP contribution is 2.25. The smallest absolute Gasteiger partial charge is 0.0270 e. The minimum atomic E-state index is 1.20. The fourth-order valence-electron chi connectivity index (χ4n) is 2.03. The molecule has 2 rings (SSSR count). The molecule has 1 aliphatic rings. The number of rotatable bonds is 1. The van der Waals surface area contributed by atoms with Crippen LogP contribution in [0.25, 0.3) is 0 Å². The second kappa shape index (κ2) is 5.06. The lowest BCUT2D eigenvalue weighted by Crippen LogP contribution is -1.89. The maximum absolute atomic E-state index is 2.28. The summed E-state index contributed by atoms with van der Waals surface area (Å²) in [6.45, 7) is 6.24. The quantitative estimate of drug-likeness (QED) is 0.611. The third-order valence-corrected chi connectivity index (χ3v) is 2.62. The highest BCUT2D eigenvalue weighted by Gasteiger charge is 2.12. The summed E-state index contributed by atoms with van der Waals surface area (Å²) in [5, 5.41) is 0. The number of fused-ring (bicyclic) bond motifs is 1. The molecular weight excluding hydrogens is 156 g/mol. The maximum Gasteiger partial charge on any atom is -0.0270 e. The lowest BCUT2D eigenvalue weighted by atomic mass is 10.0. The van der Waals surface area contributed by atoms with Gasteiger partial charge in [0.2, 0.25) is 0 Å². The molecule has 1 aliphatic carbocycles. The Hall–Kier alpha value is -0.780. The molecule has 0 radical (unpaired) electrons. The molecule has 0 aromatic heterocycles. The molecule has 0 nitrogen and oxygen atoms in total. The van der Waals surface area contributed by atoms with Gasteiger partial charge in [0.05, 0.1) is 0 Å². The fraction of sp³-hybridized carbons (Fsp3) is 0.538. The van der Waals surface area contributed by atoms with Crippen LogP contribution >= 0.6 is 0 Å². The van der Waals surface area contributed by atoms with E-state index in [0.29, 0.717) is 0 Å². The van der Waals surface area contributed by atoms with Gasteiger partial charge in [0.1, 0.15) is 0 Å². The number of benzene rings is 1. The van der Waals surface area contributed by atoms with Crippen LogP contribution in [-0.2, 0) is 19.3 Å². The van der Waals surface area contributed by atoms with E-state index in [1.54, 1.807) is 16.7 Å². The van der Waals surface area contributed by atoms with E-state index in [1.807, 2.05) is 13.8 Å². The summed E-state index contributed by atoms with van der Waals surface area (Å²) in [5.41, 5.74) is 4.82. The largest absolute Gasteiger partial charge is 0.0683 e. The van der Waals surface area contributed by atoms with E-state index in [1.165, 1.54) is 25.7 Å². The molecule has 1 aromatic rings. The van der Waals surface area contributed by atoms with Crippen molar-refractivity contribution in [2.24, 2.45) is 0 Å². The SMILES string of the molecule is CC.CCc1cccc2c1CCC2. The molecule has 0 spiro atoms. The average molecular weight is 176 g/mol. The summed E-state index contributed by atoms with van der Waals surface area (Å²) in [6.07, 6.45) is 5.19. The van der Waals surface area contributed by atoms with Crippen LogP contribution in [0.2, 0.25) is 0 Å². The molecule has 0 heteroatoms. The second-order valence-electron chi connectivity index (χ2n) is 3.26. The minimum Gasteiger partial charge on any atom is -0.0683 e. The highest BCUT2D eigenvalue weighted by molar-refractivity contribution is 5.38. The molecule has 1 aromatic carbocycles. The summed E-state index contributed by atoms with van der Waals surface area (Å²) in [4.78, 5) is 0. The molecule has 0 saturated carbocycles. The Morgan fingerprint density at radius 1 is 1.15 bits per heavy atom. The molecule has 0 fully saturated rings. The lowest BCUT2D eigenvalue weighted by molar-refractivity contribution is 0.905. The van der Waals surface area contributed by atoms with Gasteiger partial charge in [-0.25, -0.2) is 0 Å². The molecule has 13 heavy (non-hydrogen) atoms. The van der Waals surface area contributed by atoms with Crippen molar-refractivity contribution in [3.8, 4) is 0 Å². The monoisotopic (exact) mass is 176 g/mol. The summed E-state index contributed by atoms with van der Waals surface area (Å²) < 4.78 is 0. The molecule has 0 N–H and O–H groups in total. The predicted molar refractivity (Wildman–Crippen MR) is 59.2 cm³/mol. The first-order chi connectivity index (χ1) is 6.42. The summed E-state index contributed by atoms with van der Waals surface area (Å²) in [7, 11) is 0.